The molecule has 0 radical (unpaired) electrons. The van der Waals surface area contributed by atoms with Crippen LogP contribution >= 0.6 is 0 Å². The molecule has 0 aliphatic carbocycles. The van der Waals surface area contributed by atoms with Crippen LogP contribution in [0.15, 0.2) is 0 Å². The summed E-state index contributed by atoms with van der Waals surface area (Å²) in [4.78, 5) is 50.6. The van der Waals surface area contributed by atoms with Gasteiger partial charge in [0.05, 0.1) is 50.8 Å². The third-order valence-corrected chi connectivity index (χ3v) is 7.20. The Balaban J connectivity index is 1.96. The van der Waals surface area contributed by atoms with Gasteiger partial charge in [-0.25, -0.2) is 0 Å². The molecule has 0 aromatic heterocycles. The van der Waals surface area contributed by atoms with Gasteiger partial charge in [0.25, 0.3) is 5.41 Å². The summed E-state index contributed by atoms with van der Waals surface area (Å²) in [5.41, 5.74) is -7.97. The largest absolute Gasteiger partial charge is 0.481 e. The average Bonchev–Trinajstić information content (AvgIpc) is 3.49. The van der Waals surface area contributed by atoms with Crippen LogP contribution in [-0.4, -0.2) is 95.1 Å². The smallest absolute Gasteiger partial charge is 0.334 e. The van der Waals surface area contributed by atoms with Crippen LogP contribution in [-0.2, 0) is 38.1 Å². The maximum absolute atomic E-state index is 13.1. The number of aliphatic carboxylic acids is 4. The molecule has 4 N–H and O–H groups in total. The molecule has 4 heterocycles. The van der Waals surface area contributed by atoms with Gasteiger partial charge in [0.15, 0.2) is 0 Å². The molecule has 4 saturated heterocycles. The van der Waals surface area contributed by atoms with Gasteiger partial charge < -0.3 is 39.4 Å². The van der Waals surface area contributed by atoms with E-state index in [9.17, 15) is 39.6 Å². The third-order valence-electron chi connectivity index (χ3n) is 7.20. The maximum atomic E-state index is 13.1. The lowest BCUT2D eigenvalue weighted by Gasteiger charge is -2.53. The zero-order valence-electron chi connectivity index (χ0n) is 17.2. The number of carboxylic acid groups (broad SMARTS) is 4. The minimum atomic E-state index is -3.65. The topological polar surface area (TPSA) is 199 Å². The lowest BCUT2D eigenvalue weighted by atomic mass is 9.45. The Bertz CT molecular complexity index is 757. The highest BCUT2D eigenvalue weighted by atomic mass is 16.6. The SMILES string of the molecule is O=C(O)C(C(=O)O)(C(=O)O)C(CC1CO1)(C(=O)O)C(CCC1CO1)(CC1CO1)CC1CO1. The van der Waals surface area contributed by atoms with Crippen molar-refractivity contribution < 1.29 is 58.6 Å². The molecule has 0 saturated carbocycles. The highest BCUT2D eigenvalue weighted by molar-refractivity contribution is 6.20. The van der Waals surface area contributed by atoms with Gasteiger partial charge in [-0.1, -0.05) is 0 Å². The van der Waals surface area contributed by atoms with Crippen LogP contribution in [0, 0.1) is 16.2 Å². The summed E-state index contributed by atoms with van der Waals surface area (Å²) in [6.07, 6.45) is -2.00. The van der Waals surface area contributed by atoms with Gasteiger partial charge in [-0.2, -0.15) is 0 Å². The minimum Gasteiger partial charge on any atom is -0.481 e. The van der Waals surface area contributed by atoms with Gasteiger partial charge in [0.2, 0.25) is 0 Å². The van der Waals surface area contributed by atoms with Crippen LogP contribution in [0.3, 0.4) is 0 Å². The van der Waals surface area contributed by atoms with Gasteiger partial charge in [-0.15, -0.1) is 0 Å². The minimum absolute atomic E-state index is 0.00576. The second kappa shape index (κ2) is 7.94. The van der Waals surface area contributed by atoms with Gasteiger partial charge in [0, 0.05) is 0 Å². The second-order valence-corrected chi connectivity index (χ2v) is 9.13. The molecule has 0 aromatic carbocycles. The summed E-state index contributed by atoms with van der Waals surface area (Å²) in [7, 11) is 0. The van der Waals surface area contributed by atoms with Crippen molar-refractivity contribution in [3.63, 3.8) is 0 Å². The van der Waals surface area contributed by atoms with E-state index in [0.717, 1.165) is 0 Å². The fourth-order valence-electron chi connectivity index (χ4n) is 5.36. The quantitative estimate of drug-likeness (QED) is 0.187. The van der Waals surface area contributed by atoms with E-state index in [1.54, 1.807) is 0 Å². The first-order chi connectivity index (χ1) is 15.1. The first kappa shape index (κ1) is 22.9. The van der Waals surface area contributed by atoms with Crippen LogP contribution < -0.4 is 0 Å². The number of carboxylic acids is 4. The van der Waals surface area contributed by atoms with Gasteiger partial charge in [0.1, 0.15) is 5.41 Å². The number of carbonyl (C=O) groups is 4. The average molecular weight is 458 g/mol. The zero-order chi connectivity index (χ0) is 23.3. The fourth-order valence-corrected chi connectivity index (χ4v) is 5.36. The summed E-state index contributed by atoms with van der Waals surface area (Å²) < 4.78 is 21.1. The molecule has 4 fully saturated rings. The molecule has 4 aliphatic heterocycles. The van der Waals surface area contributed by atoms with Crippen LogP contribution in [0.2, 0.25) is 0 Å². The molecule has 0 spiro atoms. The van der Waals surface area contributed by atoms with Crippen molar-refractivity contribution in [3.8, 4) is 0 Å². The van der Waals surface area contributed by atoms with Crippen molar-refractivity contribution in [1.29, 1.82) is 0 Å². The number of hydrogen-bond acceptors (Lipinski definition) is 8. The van der Waals surface area contributed by atoms with Crippen LogP contribution in [0.5, 0.6) is 0 Å². The van der Waals surface area contributed by atoms with Gasteiger partial charge in [-0.05, 0) is 37.5 Å². The Hall–Kier alpha value is -2.28. The Morgan fingerprint density at radius 2 is 1.00 bits per heavy atom. The first-order valence-corrected chi connectivity index (χ1v) is 10.5. The van der Waals surface area contributed by atoms with E-state index >= 15 is 0 Å². The molecule has 0 aromatic rings. The van der Waals surface area contributed by atoms with Crippen LogP contribution in [0.25, 0.3) is 0 Å². The van der Waals surface area contributed by atoms with Crippen LogP contribution in [0.4, 0.5) is 0 Å². The Morgan fingerprint density at radius 1 is 0.625 bits per heavy atom. The highest BCUT2D eigenvalue weighted by Crippen LogP contribution is 2.64. The fraction of sp³-hybridized carbons (Fsp3) is 0.800. The molecule has 4 rings (SSSR count). The lowest BCUT2D eigenvalue weighted by molar-refractivity contribution is -0.213. The van der Waals surface area contributed by atoms with E-state index in [1.165, 1.54) is 0 Å². The number of rotatable bonds is 15. The van der Waals surface area contributed by atoms with Crippen molar-refractivity contribution in [1.82, 2.24) is 0 Å². The third kappa shape index (κ3) is 3.74. The molecule has 32 heavy (non-hydrogen) atoms. The van der Waals surface area contributed by atoms with E-state index in [-0.39, 0.29) is 32.0 Å². The monoisotopic (exact) mass is 458 g/mol. The van der Waals surface area contributed by atoms with Crippen molar-refractivity contribution in [2.24, 2.45) is 16.2 Å². The summed E-state index contributed by atoms with van der Waals surface area (Å²) in [5, 5.41) is 40.9. The second-order valence-electron chi connectivity index (χ2n) is 9.13. The van der Waals surface area contributed by atoms with Crippen molar-refractivity contribution in [2.75, 3.05) is 26.4 Å². The maximum Gasteiger partial charge on any atom is 0.334 e. The molecule has 12 heteroatoms. The molecule has 178 valence electrons. The summed E-state index contributed by atoms with van der Waals surface area (Å²) >= 11 is 0. The molecule has 5 unspecified atom stereocenters. The summed E-state index contributed by atoms with van der Waals surface area (Å²) in [6.45, 7) is 1.13. The van der Waals surface area contributed by atoms with E-state index in [2.05, 4.69) is 0 Å². The zero-order valence-corrected chi connectivity index (χ0v) is 17.2. The predicted octanol–water partition coefficient (Wildman–Crippen LogP) is -0.170. The Kier molecular flexibility index (Phi) is 5.68. The molecule has 4 aliphatic rings. The number of epoxide rings is 4. The van der Waals surface area contributed by atoms with Crippen molar-refractivity contribution in [2.45, 2.75) is 56.5 Å². The highest BCUT2D eigenvalue weighted by Gasteiger charge is 2.79. The first-order valence-electron chi connectivity index (χ1n) is 10.5. The normalized spacial score (nSPS) is 31.6. The van der Waals surface area contributed by atoms with Crippen LogP contribution in [0.1, 0.15) is 32.1 Å². The van der Waals surface area contributed by atoms with E-state index in [4.69, 9.17) is 18.9 Å². The Labute approximate surface area is 182 Å². The number of ether oxygens (including phenoxy) is 4. The summed E-state index contributed by atoms with van der Waals surface area (Å²) in [5.74, 6) is -8.50. The molecular weight excluding hydrogens is 432 g/mol. The van der Waals surface area contributed by atoms with E-state index in [1.807, 2.05) is 0 Å². The van der Waals surface area contributed by atoms with Crippen molar-refractivity contribution in [3.05, 3.63) is 0 Å². The van der Waals surface area contributed by atoms with Gasteiger partial charge >= 0.3 is 23.9 Å². The van der Waals surface area contributed by atoms with E-state index in [0.29, 0.717) is 26.2 Å². The van der Waals surface area contributed by atoms with E-state index < -0.39 is 64.9 Å². The summed E-state index contributed by atoms with van der Waals surface area (Å²) in [6, 6.07) is 0. The molecule has 12 nitrogen and oxygen atoms in total. The number of hydrogen-bond donors (Lipinski definition) is 4. The molecule has 0 bridgehead atoms. The standard InChI is InChI=1S/C20H26O12/c21-14(22)19(5-13-9-32-13,20(15(23)24,16(25)26)17(27)28)18(3-11-7-30-11,4-12-8-31-12)2-1-10-6-29-10/h10-13H,1-9H2,(H,21,22)(H,23,24)(H,25,26)(H,27,28). The predicted molar refractivity (Wildman–Crippen MR) is 99.9 cm³/mol. The Morgan fingerprint density at radius 3 is 1.31 bits per heavy atom. The molecule has 0 amide bonds. The molecular formula is C20H26O12. The van der Waals surface area contributed by atoms with Gasteiger partial charge in [-0.3, -0.25) is 19.2 Å². The molecule has 5 atom stereocenters. The van der Waals surface area contributed by atoms with Crippen molar-refractivity contribution >= 4 is 23.9 Å². The lowest BCUT2D eigenvalue weighted by Crippen LogP contribution is -2.69.